The number of benzene rings is 1. The van der Waals surface area contributed by atoms with Crippen molar-refractivity contribution in [3.05, 3.63) is 29.8 Å². The molecule has 0 aromatic heterocycles. The van der Waals surface area contributed by atoms with Gasteiger partial charge in [0.25, 0.3) is 0 Å². The highest BCUT2D eigenvalue weighted by molar-refractivity contribution is 7.89. The standard InChI is InChI=1S/C15H20FNO4S/c1-2-15(14(18)19)9-3-4-10-17(15)22(20,21)13-7-5-12(11-16)6-8-13/h5-8H,2-4,9-11H2,1H3,(H,18,19). The van der Waals surface area contributed by atoms with E-state index in [4.69, 9.17) is 0 Å². The first-order valence-electron chi connectivity index (χ1n) is 7.29. The Bertz CT molecular complexity index is 644. The van der Waals surface area contributed by atoms with Crippen molar-refractivity contribution in [1.82, 2.24) is 4.31 Å². The van der Waals surface area contributed by atoms with Crippen molar-refractivity contribution in [2.75, 3.05) is 6.54 Å². The van der Waals surface area contributed by atoms with Gasteiger partial charge in [-0.2, -0.15) is 4.31 Å². The number of halogens is 1. The number of rotatable bonds is 5. The average molecular weight is 329 g/mol. The molecule has 7 heteroatoms. The van der Waals surface area contributed by atoms with Gasteiger partial charge in [-0.05, 0) is 43.4 Å². The lowest BCUT2D eigenvalue weighted by molar-refractivity contribution is -0.150. The van der Waals surface area contributed by atoms with E-state index in [1.54, 1.807) is 6.92 Å². The Kier molecular flexibility index (Phi) is 4.87. The molecule has 1 saturated heterocycles. The fourth-order valence-electron chi connectivity index (χ4n) is 2.96. The van der Waals surface area contributed by atoms with Crippen LogP contribution in [0.5, 0.6) is 0 Å². The molecule has 0 aliphatic carbocycles. The van der Waals surface area contributed by atoms with Crippen LogP contribution in [0.3, 0.4) is 0 Å². The molecule has 22 heavy (non-hydrogen) atoms. The van der Waals surface area contributed by atoms with Gasteiger partial charge in [-0.25, -0.2) is 12.8 Å². The highest BCUT2D eigenvalue weighted by Gasteiger charge is 2.50. The lowest BCUT2D eigenvalue weighted by Gasteiger charge is -2.42. The second kappa shape index (κ2) is 6.34. The summed E-state index contributed by atoms with van der Waals surface area (Å²) in [4.78, 5) is 11.7. The van der Waals surface area contributed by atoms with Crippen LogP contribution in [-0.4, -0.2) is 35.9 Å². The van der Waals surface area contributed by atoms with E-state index in [1.165, 1.54) is 24.3 Å². The number of hydrogen-bond acceptors (Lipinski definition) is 3. The molecule has 5 nitrogen and oxygen atoms in total. The molecule has 0 spiro atoms. The highest BCUT2D eigenvalue weighted by atomic mass is 32.2. The summed E-state index contributed by atoms with van der Waals surface area (Å²) in [6.45, 7) is 1.21. The van der Waals surface area contributed by atoms with Crippen LogP contribution in [0.15, 0.2) is 29.2 Å². The minimum atomic E-state index is -3.92. The van der Waals surface area contributed by atoms with E-state index in [2.05, 4.69) is 0 Å². The van der Waals surface area contributed by atoms with Gasteiger partial charge in [0.15, 0.2) is 0 Å². The number of sulfonamides is 1. The number of carboxylic acids is 1. The van der Waals surface area contributed by atoms with E-state index in [0.717, 1.165) is 4.31 Å². The fourth-order valence-corrected chi connectivity index (χ4v) is 4.82. The Labute approximate surface area is 129 Å². The summed E-state index contributed by atoms with van der Waals surface area (Å²) in [6, 6.07) is 5.48. The van der Waals surface area contributed by atoms with Crippen LogP contribution < -0.4 is 0 Å². The topological polar surface area (TPSA) is 74.7 Å². The first kappa shape index (κ1) is 16.9. The molecule has 1 unspecified atom stereocenters. The maximum atomic E-state index is 12.8. The van der Waals surface area contributed by atoms with Gasteiger partial charge in [0, 0.05) is 6.54 Å². The predicted molar refractivity (Wildman–Crippen MR) is 79.7 cm³/mol. The largest absolute Gasteiger partial charge is 0.480 e. The van der Waals surface area contributed by atoms with Crippen LogP contribution >= 0.6 is 0 Å². The van der Waals surface area contributed by atoms with Gasteiger partial charge in [-0.3, -0.25) is 4.79 Å². The zero-order valence-corrected chi connectivity index (χ0v) is 13.3. The molecule has 0 radical (unpaired) electrons. The van der Waals surface area contributed by atoms with E-state index in [9.17, 15) is 22.7 Å². The second-order valence-corrected chi connectivity index (χ2v) is 7.36. The predicted octanol–water partition coefficient (Wildman–Crippen LogP) is 2.56. The molecule has 1 aliphatic rings. The van der Waals surface area contributed by atoms with Crippen LogP contribution in [0.1, 0.15) is 38.2 Å². The van der Waals surface area contributed by atoms with Crippen LogP contribution in [-0.2, 0) is 21.5 Å². The number of nitrogens with zero attached hydrogens (tertiary/aromatic N) is 1. The number of carboxylic acid groups (broad SMARTS) is 1. The molecule has 122 valence electrons. The van der Waals surface area contributed by atoms with Gasteiger partial charge in [0.1, 0.15) is 12.2 Å². The van der Waals surface area contributed by atoms with E-state index in [0.29, 0.717) is 24.8 Å². The minimum Gasteiger partial charge on any atom is -0.480 e. The Hall–Kier alpha value is -1.47. The smallest absolute Gasteiger partial charge is 0.325 e. The SMILES string of the molecule is CCC1(C(=O)O)CCCCN1S(=O)(=O)c1ccc(CF)cc1. The molecule has 0 amide bonds. The Balaban J connectivity index is 2.46. The molecule has 0 bridgehead atoms. The zero-order chi connectivity index (χ0) is 16.4. The Morgan fingerprint density at radius 3 is 2.45 bits per heavy atom. The monoisotopic (exact) mass is 329 g/mol. The normalized spacial score (nSPS) is 23.4. The number of alkyl halides is 1. The van der Waals surface area contributed by atoms with E-state index in [-0.39, 0.29) is 17.9 Å². The lowest BCUT2D eigenvalue weighted by Crippen LogP contribution is -2.58. The molecule has 0 saturated carbocycles. The summed E-state index contributed by atoms with van der Waals surface area (Å²) in [5.74, 6) is -1.11. The first-order chi connectivity index (χ1) is 10.4. The molecular formula is C15H20FNO4S. The summed E-state index contributed by atoms with van der Waals surface area (Å²) in [7, 11) is -3.92. The molecule has 1 fully saturated rings. The summed E-state index contributed by atoms with van der Waals surface area (Å²) < 4.78 is 39.3. The quantitative estimate of drug-likeness (QED) is 0.901. The summed E-state index contributed by atoms with van der Waals surface area (Å²) in [5, 5.41) is 9.60. The lowest BCUT2D eigenvalue weighted by atomic mass is 9.86. The van der Waals surface area contributed by atoms with Gasteiger partial charge in [-0.1, -0.05) is 19.1 Å². The van der Waals surface area contributed by atoms with Crippen LogP contribution in [0.25, 0.3) is 0 Å². The van der Waals surface area contributed by atoms with Crippen LogP contribution in [0.2, 0.25) is 0 Å². The second-order valence-electron chi connectivity index (χ2n) is 5.50. The molecule has 1 N–H and O–H groups in total. The van der Waals surface area contributed by atoms with Crippen molar-refractivity contribution in [2.45, 2.75) is 49.7 Å². The van der Waals surface area contributed by atoms with Gasteiger partial charge in [-0.15, -0.1) is 0 Å². The first-order valence-corrected chi connectivity index (χ1v) is 8.73. The van der Waals surface area contributed by atoms with E-state index < -0.39 is 28.2 Å². The molecule has 1 atom stereocenters. The third-order valence-electron chi connectivity index (χ3n) is 4.33. The molecule has 1 aliphatic heterocycles. The number of carbonyl (C=O) groups is 1. The molecule has 1 aromatic carbocycles. The van der Waals surface area contributed by atoms with E-state index >= 15 is 0 Å². The number of aliphatic carboxylic acids is 1. The van der Waals surface area contributed by atoms with Gasteiger partial charge >= 0.3 is 5.97 Å². The number of piperidine rings is 1. The molecular weight excluding hydrogens is 309 g/mol. The maximum absolute atomic E-state index is 12.8. The molecule has 1 heterocycles. The van der Waals surface area contributed by atoms with Crippen molar-refractivity contribution in [2.24, 2.45) is 0 Å². The number of hydrogen-bond donors (Lipinski definition) is 1. The summed E-state index contributed by atoms with van der Waals surface area (Å²) in [6.07, 6.45) is 1.84. The van der Waals surface area contributed by atoms with Crippen molar-refractivity contribution in [1.29, 1.82) is 0 Å². The Morgan fingerprint density at radius 1 is 1.32 bits per heavy atom. The van der Waals surface area contributed by atoms with Crippen molar-refractivity contribution in [3.8, 4) is 0 Å². The maximum Gasteiger partial charge on any atom is 0.325 e. The van der Waals surface area contributed by atoms with Gasteiger partial charge in [0.05, 0.1) is 4.90 Å². The minimum absolute atomic E-state index is 0.00525. The van der Waals surface area contributed by atoms with Crippen molar-refractivity contribution in [3.63, 3.8) is 0 Å². The summed E-state index contributed by atoms with van der Waals surface area (Å²) >= 11 is 0. The zero-order valence-electron chi connectivity index (χ0n) is 12.5. The molecule has 2 rings (SSSR count). The van der Waals surface area contributed by atoms with Crippen molar-refractivity contribution < 1.29 is 22.7 Å². The van der Waals surface area contributed by atoms with Crippen LogP contribution in [0.4, 0.5) is 4.39 Å². The third-order valence-corrected chi connectivity index (χ3v) is 6.31. The Morgan fingerprint density at radius 2 is 1.95 bits per heavy atom. The highest BCUT2D eigenvalue weighted by Crippen LogP contribution is 2.36. The molecule has 1 aromatic rings. The average Bonchev–Trinajstić information content (AvgIpc) is 2.54. The van der Waals surface area contributed by atoms with Gasteiger partial charge in [0.2, 0.25) is 10.0 Å². The van der Waals surface area contributed by atoms with Crippen molar-refractivity contribution >= 4 is 16.0 Å². The summed E-state index contributed by atoms with van der Waals surface area (Å²) in [5.41, 5.74) is -1.01. The van der Waals surface area contributed by atoms with Crippen LogP contribution in [0, 0.1) is 0 Å². The fraction of sp³-hybridized carbons (Fsp3) is 0.533. The third kappa shape index (κ3) is 2.75. The van der Waals surface area contributed by atoms with E-state index in [1.807, 2.05) is 0 Å². The van der Waals surface area contributed by atoms with Gasteiger partial charge < -0.3 is 5.11 Å².